The Bertz CT molecular complexity index is 488. The molecule has 116 valence electrons. The molecular formula is C14H22N4O3. The molecule has 0 aromatic carbocycles. The SMILES string of the molecule is CC(Cn1cccn1)NC(=O)N1CCC(C(=O)O)CC1C. The molecule has 1 aliphatic rings. The smallest absolute Gasteiger partial charge is 0.317 e. The van der Waals surface area contributed by atoms with Crippen molar-refractivity contribution in [2.45, 2.75) is 45.3 Å². The van der Waals surface area contributed by atoms with E-state index in [-0.39, 0.29) is 24.0 Å². The van der Waals surface area contributed by atoms with E-state index in [0.717, 1.165) is 0 Å². The first-order valence-electron chi connectivity index (χ1n) is 7.24. The molecule has 7 heteroatoms. The number of carboxylic acids is 1. The Labute approximate surface area is 123 Å². The monoisotopic (exact) mass is 294 g/mol. The molecule has 21 heavy (non-hydrogen) atoms. The fraction of sp³-hybridized carbons (Fsp3) is 0.643. The van der Waals surface area contributed by atoms with Gasteiger partial charge in [-0.05, 0) is 32.8 Å². The van der Waals surface area contributed by atoms with Gasteiger partial charge < -0.3 is 15.3 Å². The number of hydrogen-bond donors (Lipinski definition) is 2. The minimum Gasteiger partial charge on any atom is -0.481 e. The van der Waals surface area contributed by atoms with E-state index >= 15 is 0 Å². The van der Waals surface area contributed by atoms with Crippen LogP contribution in [-0.2, 0) is 11.3 Å². The Hall–Kier alpha value is -2.05. The molecule has 1 aliphatic heterocycles. The lowest BCUT2D eigenvalue weighted by Gasteiger charge is -2.36. The summed E-state index contributed by atoms with van der Waals surface area (Å²) in [5.41, 5.74) is 0. The molecule has 0 spiro atoms. The summed E-state index contributed by atoms with van der Waals surface area (Å²) in [6.45, 7) is 4.91. The van der Waals surface area contributed by atoms with Crippen LogP contribution in [0, 0.1) is 5.92 Å². The number of hydrogen-bond acceptors (Lipinski definition) is 3. The second-order valence-electron chi connectivity index (χ2n) is 5.68. The first kappa shape index (κ1) is 15.3. The van der Waals surface area contributed by atoms with E-state index in [1.54, 1.807) is 15.8 Å². The summed E-state index contributed by atoms with van der Waals surface area (Å²) in [6, 6.07) is 1.61. The summed E-state index contributed by atoms with van der Waals surface area (Å²) in [7, 11) is 0. The van der Waals surface area contributed by atoms with Gasteiger partial charge in [0, 0.05) is 31.0 Å². The molecule has 1 fully saturated rings. The van der Waals surface area contributed by atoms with Gasteiger partial charge in [-0.3, -0.25) is 9.48 Å². The zero-order valence-corrected chi connectivity index (χ0v) is 12.4. The molecular weight excluding hydrogens is 272 g/mol. The lowest BCUT2D eigenvalue weighted by Crippen LogP contribution is -2.52. The van der Waals surface area contributed by atoms with Crippen LogP contribution in [0.1, 0.15) is 26.7 Å². The first-order valence-corrected chi connectivity index (χ1v) is 7.24. The zero-order valence-electron chi connectivity index (χ0n) is 12.4. The van der Waals surface area contributed by atoms with Gasteiger partial charge in [0.1, 0.15) is 0 Å². The highest BCUT2D eigenvalue weighted by Gasteiger charge is 2.32. The molecule has 7 nitrogen and oxygen atoms in total. The highest BCUT2D eigenvalue weighted by atomic mass is 16.4. The van der Waals surface area contributed by atoms with E-state index in [4.69, 9.17) is 5.11 Å². The second kappa shape index (κ2) is 6.60. The summed E-state index contributed by atoms with van der Waals surface area (Å²) in [4.78, 5) is 25.0. The molecule has 0 aliphatic carbocycles. The maximum atomic E-state index is 12.3. The molecule has 0 saturated carbocycles. The first-order chi connectivity index (χ1) is 9.97. The number of nitrogens with zero attached hydrogens (tertiary/aromatic N) is 3. The van der Waals surface area contributed by atoms with Crippen LogP contribution < -0.4 is 5.32 Å². The molecule has 1 aromatic heterocycles. The minimum absolute atomic E-state index is 0.0400. The fourth-order valence-electron chi connectivity index (χ4n) is 2.73. The minimum atomic E-state index is -0.769. The molecule has 0 radical (unpaired) electrons. The van der Waals surface area contributed by atoms with Crippen molar-refractivity contribution < 1.29 is 14.7 Å². The maximum Gasteiger partial charge on any atom is 0.317 e. The van der Waals surface area contributed by atoms with Crippen molar-refractivity contribution in [1.29, 1.82) is 0 Å². The summed E-state index contributed by atoms with van der Waals surface area (Å²) >= 11 is 0. The Balaban J connectivity index is 1.84. The van der Waals surface area contributed by atoms with E-state index in [2.05, 4.69) is 10.4 Å². The van der Waals surface area contributed by atoms with Crippen LogP contribution in [-0.4, -0.2) is 50.4 Å². The lowest BCUT2D eigenvalue weighted by atomic mass is 9.92. The van der Waals surface area contributed by atoms with Gasteiger partial charge in [0.25, 0.3) is 0 Å². The van der Waals surface area contributed by atoms with E-state index in [9.17, 15) is 9.59 Å². The molecule has 2 rings (SSSR count). The number of nitrogens with one attached hydrogen (secondary N) is 1. The third kappa shape index (κ3) is 3.96. The van der Waals surface area contributed by atoms with E-state index in [0.29, 0.717) is 25.9 Å². The average Bonchev–Trinajstić information content (AvgIpc) is 2.90. The van der Waals surface area contributed by atoms with Crippen molar-refractivity contribution in [3.8, 4) is 0 Å². The van der Waals surface area contributed by atoms with Gasteiger partial charge in [-0.15, -0.1) is 0 Å². The van der Waals surface area contributed by atoms with Crippen LogP contribution in [0.3, 0.4) is 0 Å². The number of aliphatic carboxylic acids is 1. The summed E-state index contributed by atoms with van der Waals surface area (Å²) in [6.07, 6.45) is 4.58. The Kier molecular flexibility index (Phi) is 4.82. The highest BCUT2D eigenvalue weighted by molar-refractivity contribution is 5.76. The van der Waals surface area contributed by atoms with Crippen molar-refractivity contribution >= 4 is 12.0 Å². The van der Waals surface area contributed by atoms with Crippen molar-refractivity contribution in [1.82, 2.24) is 20.0 Å². The number of carboxylic acid groups (broad SMARTS) is 1. The molecule has 2 N–H and O–H groups in total. The Morgan fingerprint density at radius 2 is 2.29 bits per heavy atom. The number of rotatable bonds is 4. The molecule has 1 aromatic rings. The topological polar surface area (TPSA) is 87.5 Å². The number of aromatic nitrogens is 2. The van der Waals surface area contributed by atoms with Gasteiger partial charge in [-0.2, -0.15) is 5.10 Å². The van der Waals surface area contributed by atoms with Crippen LogP contribution in [0.25, 0.3) is 0 Å². The van der Waals surface area contributed by atoms with Crippen LogP contribution in [0.5, 0.6) is 0 Å². The standard InChI is InChI=1S/C14H22N4O3/c1-10(9-17-6-3-5-15-17)16-14(21)18-7-4-12(13(19)20)8-11(18)2/h3,5-6,10-12H,4,7-9H2,1-2H3,(H,16,21)(H,19,20). The van der Waals surface area contributed by atoms with Gasteiger partial charge in [-0.25, -0.2) is 4.79 Å². The van der Waals surface area contributed by atoms with E-state index < -0.39 is 5.97 Å². The number of likely N-dealkylation sites (tertiary alicyclic amines) is 1. The zero-order chi connectivity index (χ0) is 15.4. The van der Waals surface area contributed by atoms with Crippen LogP contribution in [0.2, 0.25) is 0 Å². The molecule has 3 atom stereocenters. The van der Waals surface area contributed by atoms with Crippen molar-refractivity contribution in [3.05, 3.63) is 18.5 Å². The predicted molar refractivity (Wildman–Crippen MR) is 76.7 cm³/mol. The molecule has 2 heterocycles. The average molecular weight is 294 g/mol. The summed E-state index contributed by atoms with van der Waals surface area (Å²) < 4.78 is 1.77. The summed E-state index contributed by atoms with van der Waals surface area (Å²) in [5, 5.41) is 16.1. The number of amides is 2. The van der Waals surface area contributed by atoms with E-state index in [1.165, 1.54) is 0 Å². The van der Waals surface area contributed by atoms with Gasteiger partial charge >= 0.3 is 12.0 Å². The van der Waals surface area contributed by atoms with Crippen LogP contribution in [0.4, 0.5) is 4.79 Å². The third-order valence-electron chi connectivity index (χ3n) is 3.88. The van der Waals surface area contributed by atoms with Crippen molar-refractivity contribution in [3.63, 3.8) is 0 Å². The molecule has 2 amide bonds. The largest absolute Gasteiger partial charge is 0.481 e. The van der Waals surface area contributed by atoms with Gasteiger partial charge in [0.05, 0.1) is 12.5 Å². The molecule has 0 bridgehead atoms. The quantitative estimate of drug-likeness (QED) is 0.872. The van der Waals surface area contributed by atoms with Crippen LogP contribution in [0.15, 0.2) is 18.5 Å². The number of urea groups is 1. The maximum absolute atomic E-state index is 12.3. The fourth-order valence-corrected chi connectivity index (χ4v) is 2.73. The van der Waals surface area contributed by atoms with E-state index in [1.807, 2.05) is 26.1 Å². The van der Waals surface area contributed by atoms with Crippen molar-refractivity contribution in [2.75, 3.05) is 6.54 Å². The van der Waals surface area contributed by atoms with Gasteiger partial charge in [-0.1, -0.05) is 0 Å². The Morgan fingerprint density at radius 1 is 1.52 bits per heavy atom. The summed E-state index contributed by atoms with van der Waals surface area (Å²) in [5.74, 6) is -1.11. The predicted octanol–water partition coefficient (Wildman–Crippen LogP) is 1.17. The number of piperidine rings is 1. The Morgan fingerprint density at radius 3 is 2.86 bits per heavy atom. The second-order valence-corrected chi connectivity index (χ2v) is 5.68. The lowest BCUT2D eigenvalue weighted by molar-refractivity contribution is -0.143. The highest BCUT2D eigenvalue weighted by Crippen LogP contribution is 2.23. The van der Waals surface area contributed by atoms with Crippen molar-refractivity contribution in [2.24, 2.45) is 5.92 Å². The number of carbonyl (C=O) groups is 2. The third-order valence-corrected chi connectivity index (χ3v) is 3.88. The normalized spacial score (nSPS) is 23.6. The number of carbonyl (C=O) groups excluding carboxylic acids is 1. The molecule has 3 unspecified atom stereocenters. The van der Waals surface area contributed by atoms with Gasteiger partial charge in [0.2, 0.25) is 0 Å². The van der Waals surface area contributed by atoms with Crippen LogP contribution >= 0.6 is 0 Å². The molecule has 1 saturated heterocycles. The van der Waals surface area contributed by atoms with Gasteiger partial charge in [0.15, 0.2) is 0 Å².